The average Bonchev–Trinajstić information content (AvgIpc) is 2.25. The molecule has 15 heavy (non-hydrogen) atoms. The molecule has 0 N–H and O–H groups in total. The summed E-state index contributed by atoms with van der Waals surface area (Å²) < 4.78 is 5.35. The molecule has 2 heteroatoms. The van der Waals surface area contributed by atoms with E-state index in [4.69, 9.17) is 16.3 Å². The second-order valence-corrected chi connectivity index (χ2v) is 4.53. The molecule has 1 atom stereocenters. The zero-order chi connectivity index (χ0) is 11.3. The molecule has 0 saturated carbocycles. The van der Waals surface area contributed by atoms with Crippen LogP contribution in [-0.4, -0.2) is 13.0 Å². The Labute approximate surface area is 97.4 Å². The van der Waals surface area contributed by atoms with Crippen molar-refractivity contribution in [2.75, 3.05) is 13.0 Å². The monoisotopic (exact) mass is 226 g/mol. The number of benzene rings is 1. The minimum Gasteiger partial charge on any atom is -0.496 e. The number of halogens is 1. The highest BCUT2D eigenvalue weighted by Gasteiger charge is 2.15. The lowest BCUT2D eigenvalue weighted by Crippen LogP contribution is -2.06. The van der Waals surface area contributed by atoms with Gasteiger partial charge in [-0.2, -0.15) is 0 Å². The highest BCUT2D eigenvalue weighted by atomic mass is 35.5. The van der Waals surface area contributed by atoms with E-state index in [1.807, 2.05) is 18.2 Å². The van der Waals surface area contributed by atoms with Gasteiger partial charge in [0, 0.05) is 11.8 Å². The molecule has 1 aromatic carbocycles. The predicted molar refractivity (Wildman–Crippen MR) is 65.9 cm³/mol. The number of hydrogen-bond donors (Lipinski definition) is 0. The van der Waals surface area contributed by atoms with E-state index in [0.717, 1.165) is 12.2 Å². The number of rotatable bonds is 5. The van der Waals surface area contributed by atoms with Crippen molar-refractivity contribution in [1.82, 2.24) is 0 Å². The summed E-state index contributed by atoms with van der Waals surface area (Å²) in [5, 5.41) is 0. The molecule has 0 aromatic heterocycles. The second kappa shape index (κ2) is 6.02. The molecule has 0 aliphatic heterocycles. The van der Waals surface area contributed by atoms with Gasteiger partial charge in [0.15, 0.2) is 0 Å². The fraction of sp³-hybridized carbons (Fsp3) is 0.538. The Hall–Kier alpha value is -0.690. The molecule has 1 nitrogen and oxygen atoms in total. The topological polar surface area (TPSA) is 9.23 Å². The molecule has 0 aliphatic rings. The van der Waals surface area contributed by atoms with E-state index >= 15 is 0 Å². The van der Waals surface area contributed by atoms with Crippen LogP contribution in [0, 0.1) is 5.92 Å². The van der Waals surface area contributed by atoms with E-state index in [9.17, 15) is 0 Å². The van der Waals surface area contributed by atoms with Gasteiger partial charge >= 0.3 is 0 Å². The van der Waals surface area contributed by atoms with Crippen LogP contribution in [0.2, 0.25) is 0 Å². The molecule has 0 amide bonds. The lowest BCUT2D eigenvalue weighted by molar-refractivity contribution is 0.402. The van der Waals surface area contributed by atoms with Gasteiger partial charge in [-0.15, -0.1) is 11.6 Å². The Kier molecular flexibility index (Phi) is 4.97. The Balaban J connectivity index is 2.90. The van der Waals surface area contributed by atoms with Crippen LogP contribution < -0.4 is 4.74 Å². The van der Waals surface area contributed by atoms with Crippen LogP contribution in [0.4, 0.5) is 0 Å². The van der Waals surface area contributed by atoms with Gasteiger partial charge in [0.1, 0.15) is 5.75 Å². The first-order valence-electron chi connectivity index (χ1n) is 5.38. The Morgan fingerprint density at radius 2 is 1.93 bits per heavy atom. The summed E-state index contributed by atoms with van der Waals surface area (Å²) >= 11 is 6.02. The molecule has 84 valence electrons. The van der Waals surface area contributed by atoms with Crippen molar-refractivity contribution in [3.8, 4) is 5.75 Å². The summed E-state index contributed by atoms with van der Waals surface area (Å²) in [4.78, 5) is 0. The standard InChI is InChI=1S/C13H19ClO/c1-10(2)8-11(9-14)12-6-4-5-7-13(12)15-3/h4-7,10-11H,8-9H2,1-3H3. The molecular weight excluding hydrogens is 208 g/mol. The van der Waals surface area contributed by atoms with Crippen molar-refractivity contribution in [2.45, 2.75) is 26.2 Å². The lowest BCUT2D eigenvalue weighted by Gasteiger charge is -2.19. The van der Waals surface area contributed by atoms with E-state index in [-0.39, 0.29) is 0 Å². The quantitative estimate of drug-likeness (QED) is 0.688. The fourth-order valence-electron chi connectivity index (χ4n) is 1.85. The second-order valence-electron chi connectivity index (χ2n) is 4.22. The SMILES string of the molecule is COc1ccccc1C(CCl)CC(C)C. The van der Waals surface area contributed by atoms with Gasteiger partial charge in [0.25, 0.3) is 0 Å². The van der Waals surface area contributed by atoms with Crippen molar-refractivity contribution in [3.05, 3.63) is 29.8 Å². The molecular formula is C13H19ClO. The smallest absolute Gasteiger partial charge is 0.122 e. The van der Waals surface area contributed by atoms with Gasteiger partial charge in [-0.05, 0) is 24.0 Å². The van der Waals surface area contributed by atoms with Gasteiger partial charge < -0.3 is 4.74 Å². The van der Waals surface area contributed by atoms with E-state index in [1.54, 1.807) is 7.11 Å². The number of hydrogen-bond acceptors (Lipinski definition) is 1. The molecule has 0 heterocycles. The number of methoxy groups -OCH3 is 1. The minimum absolute atomic E-state index is 0.391. The van der Waals surface area contributed by atoms with Gasteiger partial charge in [0.05, 0.1) is 7.11 Å². The summed E-state index contributed by atoms with van der Waals surface area (Å²) in [6.07, 6.45) is 1.10. The predicted octanol–water partition coefficient (Wildman–Crippen LogP) is 4.06. The normalized spacial score (nSPS) is 12.9. The Bertz CT molecular complexity index is 296. The summed E-state index contributed by atoms with van der Waals surface area (Å²) in [6, 6.07) is 8.13. The third kappa shape index (κ3) is 3.42. The fourth-order valence-corrected chi connectivity index (χ4v) is 2.14. The van der Waals surface area contributed by atoms with Crippen LogP contribution in [0.1, 0.15) is 31.7 Å². The van der Waals surface area contributed by atoms with Gasteiger partial charge in [0.2, 0.25) is 0 Å². The Morgan fingerprint density at radius 3 is 2.47 bits per heavy atom. The molecule has 0 fully saturated rings. The molecule has 0 radical (unpaired) electrons. The van der Waals surface area contributed by atoms with Crippen LogP contribution in [0.25, 0.3) is 0 Å². The molecule has 0 bridgehead atoms. The van der Waals surface area contributed by atoms with Crippen molar-refractivity contribution < 1.29 is 4.74 Å². The highest BCUT2D eigenvalue weighted by Crippen LogP contribution is 2.31. The molecule has 1 unspecified atom stereocenters. The van der Waals surface area contributed by atoms with Crippen LogP contribution in [0.5, 0.6) is 5.75 Å². The van der Waals surface area contributed by atoms with Crippen LogP contribution >= 0.6 is 11.6 Å². The lowest BCUT2D eigenvalue weighted by atomic mass is 9.91. The van der Waals surface area contributed by atoms with Gasteiger partial charge in [-0.3, -0.25) is 0 Å². The first-order chi connectivity index (χ1) is 7.19. The first-order valence-corrected chi connectivity index (χ1v) is 5.91. The minimum atomic E-state index is 0.391. The van der Waals surface area contributed by atoms with Crippen LogP contribution in [0.3, 0.4) is 0 Å². The van der Waals surface area contributed by atoms with E-state index in [1.165, 1.54) is 5.56 Å². The third-order valence-corrected chi connectivity index (χ3v) is 2.89. The van der Waals surface area contributed by atoms with Gasteiger partial charge in [-0.1, -0.05) is 32.0 Å². The van der Waals surface area contributed by atoms with Crippen molar-refractivity contribution >= 4 is 11.6 Å². The van der Waals surface area contributed by atoms with Gasteiger partial charge in [-0.25, -0.2) is 0 Å². The Morgan fingerprint density at radius 1 is 1.27 bits per heavy atom. The highest BCUT2D eigenvalue weighted by molar-refractivity contribution is 6.18. The van der Waals surface area contributed by atoms with E-state index in [0.29, 0.717) is 17.7 Å². The zero-order valence-electron chi connectivity index (χ0n) is 9.66. The molecule has 0 aliphatic carbocycles. The van der Waals surface area contributed by atoms with Crippen LogP contribution in [0.15, 0.2) is 24.3 Å². The van der Waals surface area contributed by atoms with E-state index < -0.39 is 0 Å². The summed E-state index contributed by atoms with van der Waals surface area (Å²) in [6.45, 7) is 4.43. The zero-order valence-corrected chi connectivity index (χ0v) is 10.4. The number of para-hydroxylation sites is 1. The molecule has 1 rings (SSSR count). The number of alkyl halides is 1. The maximum Gasteiger partial charge on any atom is 0.122 e. The van der Waals surface area contributed by atoms with Crippen molar-refractivity contribution in [3.63, 3.8) is 0 Å². The maximum atomic E-state index is 6.02. The third-order valence-electron chi connectivity index (χ3n) is 2.52. The van der Waals surface area contributed by atoms with E-state index in [2.05, 4.69) is 19.9 Å². The van der Waals surface area contributed by atoms with Crippen molar-refractivity contribution in [1.29, 1.82) is 0 Å². The summed E-state index contributed by atoms with van der Waals surface area (Å²) in [5.41, 5.74) is 1.23. The summed E-state index contributed by atoms with van der Waals surface area (Å²) in [7, 11) is 1.71. The molecule has 0 spiro atoms. The number of ether oxygens (including phenoxy) is 1. The first kappa shape index (κ1) is 12.4. The largest absolute Gasteiger partial charge is 0.496 e. The summed E-state index contributed by atoms with van der Waals surface area (Å²) in [5.74, 6) is 2.64. The molecule has 1 aromatic rings. The molecule has 0 saturated heterocycles. The van der Waals surface area contributed by atoms with Crippen molar-refractivity contribution in [2.24, 2.45) is 5.92 Å². The average molecular weight is 227 g/mol. The maximum absolute atomic E-state index is 6.02. The van der Waals surface area contributed by atoms with Crippen LogP contribution in [-0.2, 0) is 0 Å².